The molecule has 18 heavy (non-hydrogen) atoms. The summed E-state index contributed by atoms with van der Waals surface area (Å²) >= 11 is 0. The lowest BCUT2D eigenvalue weighted by molar-refractivity contribution is -0.0305. The smallest absolute Gasteiger partial charge is 0.125 e. The van der Waals surface area contributed by atoms with Gasteiger partial charge in [0.1, 0.15) is 17.6 Å². The summed E-state index contributed by atoms with van der Waals surface area (Å²) in [4.78, 5) is 0. The zero-order valence-electron chi connectivity index (χ0n) is 11.3. The first-order valence-corrected chi connectivity index (χ1v) is 6.49. The number of benzene rings is 1. The molecule has 0 bridgehead atoms. The fraction of sp³-hybridized carbons (Fsp3) is 0.600. The van der Waals surface area contributed by atoms with E-state index in [1.807, 2.05) is 24.3 Å². The number of aliphatic hydroxyl groups is 1. The molecule has 1 aliphatic carbocycles. The van der Waals surface area contributed by atoms with Crippen LogP contribution < -0.4 is 9.47 Å². The van der Waals surface area contributed by atoms with Crippen LogP contribution in [-0.2, 0) is 0 Å². The van der Waals surface area contributed by atoms with Crippen LogP contribution >= 0.6 is 0 Å². The first-order valence-electron chi connectivity index (χ1n) is 6.49. The Balaban J connectivity index is 2.07. The number of aliphatic hydroxyl groups excluding tert-OH is 1. The van der Waals surface area contributed by atoms with Gasteiger partial charge in [0, 0.05) is 6.07 Å². The number of rotatable bonds is 3. The van der Waals surface area contributed by atoms with E-state index in [4.69, 9.17) is 9.47 Å². The van der Waals surface area contributed by atoms with E-state index in [9.17, 15) is 5.11 Å². The van der Waals surface area contributed by atoms with E-state index in [0.717, 1.165) is 30.8 Å². The van der Waals surface area contributed by atoms with E-state index in [0.29, 0.717) is 0 Å². The maximum absolute atomic E-state index is 10.0. The Kier molecular flexibility index (Phi) is 3.81. The topological polar surface area (TPSA) is 38.7 Å². The highest BCUT2D eigenvalue weighted by atomic mass is 16.5. The van der Waals surface area contributed by atoms with Gasteiger partial charge in [-0.25, -0.2) is 0 Å². The van der Waals surface area contributed by atoms with Crippen molar-refractivity contribution in [2.24, 2.45) is 5.41 Å². The van der Waals surface area contributed by atoms with Gasteiger partial charge in [-0.3, -0.25) is 0 Å². The lowest BCUT2D eigenvalue weighted by atomic mass is 9.75. The van der Waals surface area contributed by atoms with Crippen molar-refractivity contribution in [1.29, 1.82) is 0 Å². The Hall–Kier alpha value is -1.22. The van der Waals surface area contributed by atoms with Gasteiger partial charge in [0.15, 0.2) is 0 Å². The number of hydrogen-bond acceptors (Lipinski definition) is 3. The molecule has 2 rings (SSSR count). The molecule has 3 nitrogen and oxygen atoms in total. The Morgan fingerprint density at radius 2 is 2.00 bits per heavy atom. The van der Waals surface area contributed by atoms with Gasteiger partial charge in [-0.15, -0.1) is 0 Å². The van der Waals surface area contributed by atoms with Crippen molar-refractivity contribution in [1.82, 2.24) is 0 Å². The van der Waals surface area contributed by atoms with Gasteiger partial charge >= 0.3 is 0 Å². The van der Waals surface area contributed by atoms with Crippen molar-refractivity contribution >= 4 is 0 Å². The molecule has 0 saturated heterocycles. The first-order chi connectivity index (χ1) is 8.50. The quantitative estimate of drug-likeness (QED) is 0.896. The molecule has 0 spiro atoms. The SMILES string of the molecule is COc1cccc(OC2CC(C)(C)CCC2O)c1. The molecule has 1 aliphatic rings. The van der Waals surface area contributed by atoms with Gasteiger partial charge in [-0.2, -0.15) is 0 Å². The fourth-order valence-electron chi connectivity index (χ4n) is 2.48. The minimum Gasteiger partial charge on any atom is -0.497 e. The second-order valence-electron chi connectivity index (χ2n) is 5.81. The summed E-state index contributed by atoms with van der Waals surface area (Å²) in [5, 5.41) is 10.0. The summed E-state index contributed by atoms with van der Waals surface area (Å²) in [5.74, 6) is 1.54. The van der Waals surface area contributed by atoms with Crippen molar-refractivity contribution in [3.63, 3.8) is 0 Å². The largest absolute Gasteiger partial charge is 0.497 e. The fourth-order valence-corrected chi connectivity index (χ4v) is 2.48. The van der Waals surface area contributed by atoms with Crippen LogP contribution in [0, 0.1) is 5.41 Å². The Morgan fingerprint density at radius 1 is 1.28 bits per heavy atom. The average Bonchev–Trinajstić information content (AvgIpc) is 2.34. The normalized spacial score (nSPS) is 26.7. The van der Waals surface area contributed by atoms with Crippen LogP contribution in [0.4, 0.5) is 0 Å². The molecule has 0 radical (unpaired) electrons. The van der Waals surface area contributed by atoms with Gasteiger partial charge < -0.3 is 14.6 Å². The molecule has 1 saturated carbocycles. The second-order valence-corrected chi connectivity index (χ2v) is 5.81. The molecule has 0 heterocycles. The van der Waals surface area contributed by atoms with Crippen molar-refractivity contribution in [2.45, 2.75) is 45.3 Å². The first kappa shape index (κ1) is 13.2. The predicted molar refractivity (Wildman–Crippen MR) is 71.0 cm³/mol. The van der Waals surface area contributed by atoms with Crippen LogP contribution in [0.5, 0.6) is 11.5 Å². The highest BCUT2D eigenvalue weighted by Crippen LogP contribution is 2.37. The van der Waals surface area contributed by atoms with E-state index in [2.05, 4.69) is 13.8 Å². The average molecular weight is 250 g/mol. The van der Waals surface area contributed by atoms with Gasteiger partial charge in [0.05, 0.1) is 13.2 Å². The summed E-state index contributed by atoms with van der Waals surface area (Å²) in [6, 6.07) is 7.54. The predicted octanol–water partition coefficient (Wildman–Crippen LogP) is 3.01. The lowest BCUT2D eigenvalue weighted by Crippen LogP contribution is -2.41. The Labute approximate surface area is 109 Å². The Morgan fingerprint density at radius 3 is 2.72 bits per heavy atom. The highest BCUT2D eigenvalue weighted by Gasteiger charge is 2.35. The molecule has 0 aromatic heterocycles. The standard InChI is InChI=1S/C15H22O3/c1-15(2)8-7-13(16)14(10-15)18-12-6-4-5-11(9-12)17-3/h4-6,9,13-14,16H,7-8,10H2,1-3H3. The maximum atomic E-state index is 10.0. The van der Waals surface area contributed by atoms with Gasteiger partial charge in [0.25, 0.3) is 0 Å². The molecular weight excluding hydrogens is 228 g/mol. The molecule has 2 unspecified atom stereocenters. The second kappa shape index (κ2) is 5.19. The van der Waals surface area contributed by atoms with Crippen molar-refractivity contribution in [3.05, 3.63) is 24.3 Å². The lowest BCUT2D eigenvalue weighted by Gasteiger charge is -2.38. The van der Waals surface area contributed by atoms with Crippen LogP contribution in [0.3, 0.4) is 0 Å². The third kappa shape index (κ3) is 3.16. The zero-order valence-corrected chi connectivity index (χ0v) is 11.3. The summed E-state index contributed by atoms with van der Waals surface area (Å²) in [5.41, 5.74) is 0.239. The van der Waals surface area contributed by atoms with Gasteiger partial charge in [-0.1, -0.05) is 19.9 Å². The number of methoxy groups -OCH3 is 1. The van der Waals surface area contributed by atoms with Crippen molar-refractivity contribution in [2.75, 3.05) is 7.11 Å². The van der Waals surface area contributed by atoms with Crippen molar-refractivity contribution in [3.8, 4) is 11.5 Å². The molecule has 0 amide bonds. The molecule has 1 fully saturated rings. The van der Waals surface area contributed by atoms with Crippen molar-refractivity contribution < 1.29 is 14.6 Å². The third-order valence-corrected chi connectivity index (χ3v) is 3.63. The maximum Gasteiger partial charge on any atom is 0.125 e. The summed E-state index contributed by atoms with van der Waals surface area (Å²) in [6.07, 6.45) is 2.24. The summed E-state index contributed by atoms with van der Waals surface area (Å²) < 4.78 is 11.1. The molecule has 1 aromatic carbocycles. The van der Waals surface area contributed by atoms with E-state index < -0.39 is 0 Å². The Bertz CT molecular complexity index is 400. The van der Waals surface area contributed by atoms with Crippen LogP contribution in [0.1, 0.15) is 33.1 Å². The third-order valence-electron chi connectivity index (χ3n) is 3.63. The van der Waals surface area contributed by atoms with Gasteiger partial charge in [0.2, 0.25) is 0 Å². The van der Waals surface area contributed by atoms with Crippen LogP contribution in [0.25, 0.3) is 0 Å². The minimum absolute atomic E-state index is 0.124. The van der Waals surface area contributed by atoms with Crippen LogP contribution in [0.2, 0.25) is 0 Å². The minimum atomic E-state index is -0.371. The van der Waals surface area contributed by atoms with E-state index in [1.54, 1.807) is 7.11 Å². The van der Waals surface area contributed by atoms with Crippen LogP contribution in [-0.4, -0.2) is 24.4 Å². The van der Waals surface area contributed by atoms with Gasteiger partial charge in [-0.05, 0) is 36.8 Å². The van der Waals surface area contributed by atoms with E-state index >= 15 is 0 Å². The molecule has 100 valence electrons. The molecule has 3 heteroatoms. The highest BCUT2D eigenvalue weighted by molar-refractivity contribution is 5.33. The van der Waals surface area contributed by atoms with E-state index in [-0.39, 0.29) is 17.6 Å². The number of ether oxygens (including phenoxy) is 2. The van der Waals surface area contributed by atoms with Crippen LogP contribution in [0.15, 0.2) is 24.3 Å². The summed E-state index contributed by atoms with van der Waals surface area (Å²) in [7, 11) is 1.64. The molecule has 2 atom stereocenters. The molecule has 1 aromatic rings. The zero-order chi connectivity index (χ0) is 13.2. The van der Waals surface area contributed by atoms with E-state index in [1.165, 1.54) is 0 Å². The molecule has 0 aliphatic heterocycles. The number of hydrogen-bond donors (Lipinski definition) is 1. The monoisotopic (exact) mass is 250 g/mol. The molecule has 1 N–H and O–H groups in total. The molecular formula is C15H22O3. The summed E-state index contributed by atoms with van der Waals surface area (Å²) in [6.45, 7) is 4.45.